The summed E-state index contributed by atoms with van der Waals surface area (Å²) in [6.07, 6.45) is 1.29. The molecular formula is C4H6N2O6S. The average Bonchev–Trinajstić information content (AvgIpc) is 1.81. The molecule has 0 saturated heterocycles. The topological polar surface area (TPSA) is 140 Å². The van der Waals surface area contributed by atoms with Gasteiger partial charge in [-0.05, 0) is 0 Å². The molecular weight excluding hydrogens is 204 g/mol. The highest BCUT2D eigenvalue weighted by Crippen LogP contribution is 1.59. The quantitative estimate of drug-likeness (QED) is 0.380. The van der Waals surface area contributed by atoms with Crippen molar-refractivity contribution in [1.29, 1.82) is 0 Å². The summed E-state index contributed by atoms with van der Waals surface area (Å²) >= 11 is 0. The predicted molar refractivity (Wildman–Crippen MR) is 41.9 cm³/mol. The van der Waals surface area contributed by atoms with Gasteiger partial charge in [-0.1, -0.05) is 0 Å². The van der Waals surface area contributed by atoms with E-state index in [2.05, 4.69) is 4.98 Å². The van der Waals surface area contributed by atoms with Gasteiger partial charge in [0.15, 0.2) is 0 Å². The minimum absolute atomic E-state index is 0.381. The number of nitrogens with one attached hydrogen (secondary N) is 2. The smallest absolute Gasteiger partial charge is 0.314 e. The van der Waals surface area contributed by atoms with Crippen molar-refractivity contribution in [3.05, 3.63) is 33.1 Å². The normalized spacial score (nSPS) is 10.0. The van der Waals surface area contributed by atoms with Gasteiger partial charge in [0.25, 0.3) is 5.56 Å². The molecule has 0 amide bonds. The second-order valence-electron chi connectivity index (χ2n) is 1.74. The fourth-order valence-electron chi connectivity index (χ4n) is 0.383. The van der Waals surface area contributed by atoms with Gasteiger partial charge in [0.2, 0.25) is 0 Å². The number of hydrogen-bond donors (Lipinski definition) is 4. The largest absolute Gasteiger partial charge is 0.394 e. The van der Waals surface area contributed by atoms with Crippen LogP contribution in [0.15, 0.2) is 21.9 Å². The van der Waals surface area contributed by atoms with Gasteiger partial charge in [0, 0.05) is 12.3 Å². The maximum absolute atomic E-state index is 10.2. The van der Waals surface area contributed by atoms with Crippen LogP contribution in [-0.2, 0) is 10.4 Å². The number of rotatable bonds is 0. The maximum Gasteiger partial charge on any atom is 0.394 e. The van der Waals surface area contributed by atoms with E-state index in [1.165, 1.54) is 12.3 Å². The van der Waals surface area contributed by atoms with Gasteiger partial charge in [-0.25, -0.2) is 4.79 Å². The van der Waals surface area contributed by atoms with Crippen LogP contribution in [0.4, 0.5) is 0 Å². The van der Waals surface area contributed by atoms with E-state index in [-0.39, 0.29) is 5.56 Å². The third-order valence-electron chi connectivity index (χ3n) is 0.686. The summed E-state index contributed by atoms with van der Waals surface area (Å²) in [5.74, 6) is 0. The van der Waals surface area contributed by atoms with Crippen molar-refractivity contribution in [2.45, 2.75) is 0 Å². The van der Waals surface area contributed by atoms with E-state index in [9.17, 15) is 9.59 Å². The molecule has 8 nitrogen and oxygen atoms in total. The van der Waals surface area contributed by atoms with Crippen LogP contribution >= 0.6 is 0 Å². The summed E-state index contributed by atoms with van der Waals surface area (Å²) in [6.45, 7) is 0. The van der Waals surface area contributed by atoms with Crippen LogP contribution < -0.4 is 11.2 Å². The molecule has 1 rings (SSSR count). The van der Waals surface area contributed by atoms with E-state index >= 15 is 0 Å². The van der Waals surface area contributed by atoms with Crippen molar-refractivity contribution in [3.63, 3.8) is 0 Å². The minimum Gasteiger partial charge on any atom is -0.314 e. The van der Waals surface area contributed by atoms with Crippen molar-refractivity contribution in [1.82, 2.24) is 9.97 Å². The molecule has 0 unspecified atom stereocenters. The van der Waals surface area contributed by atoms with E-state index in [0.29, 0.717) is 0 Å². The standard InChI is InChI=1S/C4H4N2O2.H2O4S/c7-3-1-2-5-4(8)6-3;1-5(2,3)4/h1-2H,(H2,5,6,7,8);(H2,1,2,3,4). The molecule has 0 spiro atoms. The van der Waals surface area contributed by atoms with E-state index in [0.717, 1.165) is 0 Å². The van der Waals surface area contributed by atoms with Gasteiger partial charge in [-0.15, -0.1) is 0 Å². The SMILES string of the molecule is O=S(=O)(O)O.O=c1cc[nH]c(=O)[nH]1. The summed E-state index contributed by atoms with van der Waals surface area (Å²) < 4.78 is 31.6. The Balaban J connectivity index is 0.000000252. The molecule has 0 aliphatic rings. The zero-order chi connectivity index (χ0) is 10.5. The van der Waals surface area contributed by atoms with E-state index in [1.807, 2.05) is 4.98 Å². The Bertz CT molecular complexity index is 423. The molecule has 0 bridgehead atoms. The van der Waals surface area contributed by atoms with Crippen molar-refractivity contribution in [3.8, 4) is 0 Å². The molecule has 0 aliphatic carbocycles. The second-order valence-corrected chi connectivity index (χ2v) is 2.64. The van der Waals surface area contributed by atoms with Gasteiger partial charge < -0.3 is 4.98 Å². The Kier molecular flexibility index (Phi) is 4.04. The third kappa shape index (κ3) is 10.6. The average molecular weight is 210 g/mol. The number of H-pyrrole nitrogens is 2. The first-order valence-electron chi connectivity index (χ1n) is 2.77. The highest BCUT2D eigenvalue weighted by Gasteiger charge is 1.84. The molecule has 13 heavy (non-hydrogen) atoms. The first-order valence-corrected chi connectivity index (χ1v) is 4.16. The fraction of sp³-hybridized carbons (Fsp3) is 0. The maximum atomic E-state index is 10.2. The van der Waals surface area contributed by atoms with E-state index in [4.69, 9.17) is 17.5 Å². The molecule has 74 valence electrons. The Morgan fingerprint density at radius 3 is 1.92 bits per heavy atom. The number of hydrogen-bond acceptors (Lipinski definition) is 4. The Labute approximate surface area is 71.8 Å². The van der Waals surface area contributed by atoms with Crippen LogP contribution in [0.2, 0.25) is 0 Å². The zero-order valence-corrected chi connectivity index (χ0v) is 6.91. The van der Waals surface area contributed by atoms with Gasteiger partial charge in [0.1, 0.15) is 0 Å². The van der Waals surface area contributed by atoms with Gasteiger partial charge in [0.05, 0.1) is 0 Å². The molecule has 4 N–H and O–H groups in total. The summed E-state index contributed by atoms with van der Waals surface area (Å²) in [5, 5.41) is 0. The molecule has 0 saturated carbocycles. The minimum atomic E-state index is -4.67. The molecule has 0 aromatic carbocycles. The van der Waals surface area contributed by atoms with Gasteiger partial charge >= 0.3 is 16.1 Å². The lowest BCUT2D eigenvalue weighted by atomic mass is 10.7. The highest BCUT2D eigenvalue weighted by molar-refractivity contribution is 7.79. The summed E-state index contributed by atoms with van der Waals surface area (Å²) in [7, 11) is -4.67. The monoisotopic (exact) mass is 210 g/mol. The first kappa shape index (κ1) is 11.6. The molecule has 1 aromatic heterocycles. The van der Waals surface area contributed by atoms with Crippen LogP contribution in [0.3, 0.4) is 0 Å². The lowest BCUT2D eigenvalue weighted by Crippen LogP contribution is -2.19. The van der Waals surface area contributed by atoms with Crippen LogP contribution in [-0.4, -0.2) is 27.5 Å². The lowest BCUT2D eigenvalue weighted by Gasteiger charge is -1.75. The summed E-state index contributed by atoms with van der Waals surface area (Å²) in [6, 6.07) is 1.24. The Morgan fingerprint density at radius 1 is 1.23 bits per heavy atom. The van der Waals surface area contributed by atoms with Crippen LogP contribution in [0, 0.1) is 0 Å². The Hall–Kier alpha value is -1.45. The van der Waals surface area contributed by atoms with E-state index < -0.39 is 16.1 Å². The van der Waals surface area contributed by atoms with Crippen molar-refractivity contribution in [2.75, 3.05) is 0 Å². The fourth-order valence-corrected chi connectivity index (χ4v) is 0.383. The molecule has 0 aliphatic heterocycles. The van der Waals surface area contributed by atoms with Gasteiger partial charge in [-0.3, -0.25) is 18.9 Å². The molecule has 9 heteroatoms. The van der Waals surface area contributed by atoms with Crippen LogP contribution in [0.1, 0.15) is 0 Å². The lowest BCUT2D eigenvalue weighted by molar-refractivity contribution is 0.381. The predicted octanol–water partition coefficient (Wildman–Crippen LogP) is -1.59. The highest BCUT2D eigenvalue weighted by atomic mass is 32.3. The zero-order valence-electron chi connectivity index (χ0n) is 6.09. The van der Waals surface area contributed by atoms with Crippen molar-refractivity contribution >= 4 is 10.4 Å². The summed E-state index contributed by atoms with van der Waals surface area (Å²) in [5.41, 5.74) is -0.855. The molecule has 1 aromatic rings. The number of aromatic amines is 2. The molecule has 0 fully saturated rings. The number of aromatic nitrogens is 2. The van der Waals surface area contributed by atoms with Crippen molar-refractivity contribution in [2.24, 2.45) is 0 Å². The second kappa shape index (κ2) is 4.54. The van der Waals surface area contributed by atoms with E-state index in [1.54, 1.807) is 0 Å². The van der Waals surface area contributed by atoms with Gasteiger partial charge in [-0.2, -0.15) is 8.42 Å². The Morgan fingerprint density at radius 2 is 1.69 bits per heavy atom. The molecule has 0 atom stereocenters. The summed E-state index contributed by atoms with van der Waals surface area (Å²) in [4.78, 5) is 24.7. The molecule has 1 heterocycles. The first-order chi connectivity index (χ1) is 5.79. The van der Waals surface area contributed by atoms with Crippen molar-refractivity contribution < 1.29 is 17.5 Å². The van der Waals surface area contributed by atoms with Crippen LogP contribution in [0.25, 0.3) is 0 Å². The third-order valence-corrected chi connectivity index (χ3v) is 0.686. The van der Waals surface area contributed by atoms with Crippen LogP contribution in [0.5, 0.6) is 0 Å². The molecule has 0 radical (unpaired) electrons.